The normalized spacial score (nSPS) is 15.4. The molecule has 0 saturated carbocycles. The van der Waals surface area contributed by atoms with E-state index >= 15 is 0 Å². The molecular formula is C21H25Cl2N3O2. The third kappa shape index (κ3) is 6.38. The lowest BCUT2D eigenvalue weighted by molar-refractivity contribution is -0.123. The van der Waals surface area contributed by atoms with Crippen LogP contribution >= 0.6 is 23.2 Å². The molecule has 1 N–H and O–H groups in total. The predicted octanol–water partition coefficient (Wildman–Crippen LogP) is 3.44. The zero-order valence-electron chi connectivity index (χ0n) is 16.0. The summed E-state index contributed by atoms with van der Waals surface area (Å²) < 4.78 is 5.46. The largest absolute Gasteiger partial charge is 0.482 e. The molecule has 7 heteroatoms. The Morgan fingerprint density at radius 3 is 2.61 bits per heavy atom. The third-order valence-electron chi connectivity index (χ3n) is 4.74. The summed E-state index contributed by atoms with van der Waals surface area (Å²) in [4.78, 5) is 16.9. The molecule has 0 radical (unpaired) electrons. The van der Waals surface area contributed by atoms with Crippen LogP contribution in [0.2, 0.25) is 10.0 Å². The molecule has 1 heterocycles. The van der Waals surface area contributed by atoms with Gasteiger partial charge < -0.3 is 15.0 Å². The van der Waals surface area contributed by atoms with E-state index in [-0.39, 0.29) is 12.5 Å². The van der Waals surface area contributed by atoms with Crippen LogP contribution in [0, 0.1) is 0 Å². The number of ether oxygens (including phenoxy) is 1. The van der Waals surface area contributed by atoms with Crippen molar-refractivity contribution < 1.29 is 9.53 Å². The number of amides is 1. The minimum Gasteiger partial charge on any atom is -0.482 e. The number of benzene rings is 2. The van der Waals surface area contributed by atoms with E-state index in [0.717, 1.165) is 38.3 Å². The summed E-state index contributed by atoms with van der Waals surface area (Å²) in [5, 5.41) is 3.82. The SMILES string of the molecule is CN1CCN(Cc2cccc(CNC(=O)COc3cc(Cl)ccc3Cl)c2)CC1. The standard InChI is InChI=1S/C21H25Cl2N3O2/c1-25-7-9-26(10-8-25)14-17-4-2-3-16(11-17)13-24-21(27)15-28-20-12-18(22)5-6-19(20)23/h2-6,11-12H,7-10,13-15H2,1H3,(H,24,27). The Bertz CT molecular complexity index is 808. The highest BCUT2D eigenvalue weighted by Crippen LogP contribution is 2.27. The van der Waals surface area contributed by atoms with Crippen molar-refractivity contribution in [2.75, 3.05) is 39.8 Å². The average Bonchev–Trinajstić information content (AvgIpc) is 2.69. The number of halogens is 2. The van der Waals surface area contributed by atoms with Crippen molar-refractivity contribution in [1.29, 1.82) is 0 Å². The van der Waals surface area contributed by atoms with E-state index in [2.05, 4.69) is 34.3 Å². The van der Waals surface area contributed by atoms with Crippen molar-refractivity contribution in [2.45, 2.75) is 13.1 Å². The maximum Gasteiger partial charge on any atom is 0.258 e. The average molecular weight is 422 g/mol. The first-order valence-electron chi connectivity index (χ1n) is 9.33. The van der Waals surface area contributed by atoms with Gasteiger partial charge >= 0.3 is 0 Å². The molecule has 1 aliphatic heterocycles. The molecule has 3 rings (SSSR count). The molecule has 1 amide bonds. The van der Waals surface area contributed by atoms with Crippen molar-refractivity contribution in [2.24, 2.45) is 0 Å². The molecule has 150 valence electrons. The molecule has 0 aromatic heterocycles. The van der Waals surface area contributed by atoms with Gasteiger partial charge in [0, 0.05) is 50.4 Å². The summed E-state index contributed by atoms with van der Waals surface area (Å²) in [7, 11) is 2.16. The molecular weight excluding hydrogens is 397 g/mol. The second-order valence-corrected chi connectivity index (χ2v) is 7.88. The van der Waals surface area contributed by atoms with Gasteiger partial charge in [0.05, 0.1) is 5.02 Å². The number of hydrogen-bond donors (Lipinski definition) is 1. The fourth-order valence-corrected chi connectivity index (χ4v) is 3.42. The molecule has 2 aromatic carbocycles. The summed E-state index contributed by atoms with van der Waals surface area (Å²) in [6, 6.07) is 13.2. The number of likely N-dealkylation sites (N-methyl/N-ethyl adjacent to an activating group) is 1. The fraction of sp³-hybridized carbons (Fsp3) is 0.381. The Balaban J connectivity index is 1.46. The van der Waals surface area contributed by atoms with Crippen LogP contribution in [0.5, 0.6) is 5.75 Å². The van der Waals surface area contributed by atoms with Crippen LogP contribution in [0.3, 0.4) is 0 Å². The quantitative estimate of drug-likeness (QED) is 0.743. The number of piperazine rings is 1. The molecule has 28 heavy (non-hydrogen) atoms. The van der Waals surface area contributed by atoms with Gasteiger partial charge in [-0.25, -0.2) is 0 Å². The van der Waals surface area contributed by atoms with Crippen molar-refractivity contribution in [3.63, 3.8) is 0 Å². The predicted molar refractivity (Wildman–Crippen MR) is 113 cm³/mol. The summed E-state index contributed by atoms with van der Waals surface area (Å²) >= 11 is 12.0. The van der Waals surface area contributed by atoms with Crippen LogP contribution in [0.15, 0.2) is 42.5 Å². The lowest BCUT2D eigenvalue weighted by Gasteiger charge is -2.32. The Labute approximate surface area is 176 Å². The van der Waals surface area contributed by atoms with Gasteiger partial charge in [-0.1, -0.05) is 47.5 Å². The smallest absolute Gasteiger partial charge is 0.258 e. The molecule has 0 aliphatic carbocycles. The first kappa shape index (κ1) is 20.9. The van der Waals surface area contributed by atoms with Crippen molar-refractivity contribution in [3.8, 4) is 5.75 Å². The summed E-state index contributed by atoms with van der Waals surface area (Å²) in [5.41, 5.74) is 2.33. The molecule has 0 atom stereocenters. The highest BCUT2D eigenvalue weighted by atomic mass is 35.5. The van der Waals surface area contributed by atoms with Gasteiger partial charge in [0.1, 0.15) is 5.75 Å². The van der Waals surface area contributed by atoms with Gasteiger partial charge in [-0.2, -0.15) is 0 Å². The number of hydrogen-bond acceptors (Lipinski definition) is 4. The highest BCUT2D eigenvalue weighted by Gasteiger charge is 2.14. The van der Waals surface area contributed by atoms with Crippen LogP contribution in [0.4, 0.5) is 0 Å². The van der Waals surface area contributed by atoms with Crippen LogP contribution in [0.25, 0.3) is 0 Å². The number of nitrogens with one attached hydrogen (secondary N) is 1. The number of carbonyl (C=O) groups excluding carboxylic acids is 1. The van der Waals surface area contributed by atoms with Gasteiger partial charge in [-0.05, 0) is 30.3 Å². The van der Waals surface area contributed by atoms with Crippen LogP contribution < -0.4 is 10.1 Å². The fourth-order valence-electron chi connectivity index (χ4n) is 3.08. The van der Waals surface area contributed by atoms with E-state index < -0.39 is 0 Å². The molecule has 0 bridgehead atoms. The zero-order chi connectivity index (χ0) is 19.9. The Hall–Kier alpha value is -1.79. The Morgan fingerprint density at radius 2 is 1.82 bits per heavy atom. The van der Waals surface area contributed by atoms with Gasteiger partial charge in [0.15, 0.2) is 6.61 Å². The van der Waals surface area contributed by atoms with Gasteiger partial charge in [0.2, 0.25) is 0 Å². The third-order valence-corrected chi connectivity index (χ3v) is 5.28. The second-order valence-electron chi connectivity index (χ2n) is 7.04. The molecule has 0 unspecified atom stereocenters. The second kappa shape index (κ2) is 10.1. The topological polar surface area (TPSA) is 44.8 Å². The van der Waals surface area contributed by atoms with Crippen molar-refractivity contribution in [3.05, 3.63) is 63.6 Å². The van der Waals surface area contributed by atoms with Crippen LogP contribution in [0.1, 0.15) is 11.1 Å². The summed E-state index contributed by atoms with van der Waals surface area (Å²) in [5.74, 6) is 0.194. The van der Waals surface area contributed by atoms with E-state index in [4.69, 9.17) is 27.9 Å². The number of carbonyl (C=O) groups is 1. The summed E-state index contributed by atoms with van der Waals surface area (Å²) in [6.45, 7) is 5.66. The van der Waals surface area contributed by atoms with Crippen molar-refractivity contribution in [1.82, 2.24) is 15.1 Å². The maximum atomic E-state index is 12.1. The first-order chi connectivity index (χ1) is 13.5. The van der Waals surface area contributed by atoms with Gasteiger partial charge in [-0.3, -0.25) is 9.69 Å². The number of nitrogens with zero attached hydrogens (tertiary/aromatic N) is 2. The lowest BCUT2D eigenvalue weighted by Crippen LogP contribution is -2.43. The Kier molecular flexibility index (Phi) is 7.57. The van der Waals surface area contributed by atoms with E-state index in [1.807, 2.05) is 12.1 Å². The maximum absolute atomic E-state index is 12.1. The lowest BCUT2D eigenvalue weighted by atomic mass is 10.1. The van der Waals surface area contributed by atoms with E-state index in [1.54, 1.807) is 18.2 Å². The van der Waals surface area contributed by atoms with Crippen LogP contribution in [-0.2, 0) is 17.9 Å². The van der Waals surface area contributed by atoms with Gasteiger partial charge in [-0.15, -0.1) is 0 Å². The van der Waals surface area contributed by atoms with Crippen LogP contribution in [-0.4, -0.2) is 55.5 Å². The highest BCUT2D eigenvalue weighted by molar-refractivity contribution is 6.34. The zero-order valence-corrected chi connectivity index (χ0v) is 17.5. The minimum atomic E-state index is -0.208. The monoisotopic (exact) mass is 421 g/mol. The van der Waals surface area contributed by atoms with Gasteiger partial charge in [0.25, 0.3) is 5.91 Å². The minimum absolute atomic E-state index is 0.110. The molecule has 1 saturated heterocycles. The number of rotatable bonds is 7. The molecule has 1 aliphatic rings. The molecule has 0 spiro atoms. The summed E-state index contributed by atoms with van der Waals surface area (Å²) in [6.07, 6.45) is 0. The first-order valence-corrected chi connectivity index (χ1v) is 10.1. The van der Waals surface area contributed by atoms with E-state index in [0.29, 0.717) is 22.3 Å². The molecule has 2 aromatic rings. The van der Waals surface area contributed by atoms with E-state index in [1.165, 1.54) is 5.56 Å². The van der Waals surface area contributed by atoms with Crippen molar-refractivity contribution >= 4 is 29.1 Å². The molecule has 5 nitrogen and oxygen atoms in total. The van der Waals surface area contributed by atoms with E-state index in [9.17, 15) is 4.79 Å². The Morgan fingerprint density at radius 1 is 1.07 bits per heavy atom. The molecule has 1 fully saturated rings.